The summed E-state index contributed by atoms with van der Waals surface area (Å²) in [5.41, 5.74) is 1.34. The Morgan fingerprint density at radius 1 is 1.15 bits per heavy atom. The average Bonchev–Trinajstić information content (AvgIpc) is 3.32. The third-order valence-electron chi connectivity index (χ3n) is 5.80. The van der Waals surface area contributed by atoms with Gasteiger partial charge in [0.25, 0.3) is 0 Å². The third-order valence-corrected chi connectivity index (χ3v) is 5.80. The zero-order valence-corrected chi connectivity index (χ0v) is 15.4. The van der Waals surface area contributed by atoms with Crippen molar-refractivity contribution in [2.45, 2.75) is 38.8 Å². The minimum absolute atomic E-state index is 0.179. The van der Waals surface area contributed by atoms with Crippen molar-refractivity contribution in [1.82, 2.24) is 30.0 Å². The monoisotopic (exact) mass is 372 g/mol. The highest BCUT2D eigenvalue weighted by atomic mass is 19.1. The maximum atomic E-state index is 13.1. The lowest BCUT2D eigenvalue weighted by atomic mass is 9.79. The van der Waals surface area contributed by atoms with Crippen molar-refractivity contribution < 1.29 is 9.18 Å². The Morgan fingerprint density at radius 2 is 2.00 bits per heavy atom. The van der Waals surface area contributed by atoms with Crippen LogP contribution in [0.4, 0.5) is 4.39 Å². The van der Waals surface area contributed by atoms with E-state index in [-0.39, 0.29) is 17.1 Å². The molecule has 2 aromatic rings. The standard InChI is InChI=1S/C19H25FN6O/c20-17-4-2-16(3-5-17)12-24-9-1-7-19(13-24)8-11-25(14-19)18(27)6-10-26-15-21-22-23-26/h2-5,15H,1,6-14H2. The Kier molecular flexibility index (Phi) is 5.15. The molecule has 4 rings (SSSR count). The molecule has 1 aromatic carbocycles. The highest BCUT2D eigenvalue weighted by Crippen LogP contribution is 2.39. The van der Waals surface area contributed by atoms with E-state index < -0.39 is 0 Å². The van der Waals surface area contributed by atoms with Crippen LogP contribution >= 0.6 is 0 Å². The first-order chi connectivity index (χ1) is 13.1. The molecule has 1 amide bonds. The van der Waals surface area contributed by atoms with Crippen molar-refractivity contribution in [3.8, 4) is 0 Å². The van der Waals surface area contributed by atoms with Crippen molar-refractivity contribution in [1.29, 1.82) is 0 Å². The number of rotatable bonds is 5. The van der Waals surface area contributed by atoms with Crippen LogP contribution < -0.4 is 0 Å². The van der Waals surface area contributed by atoms with E-state index >= 15 is 0 Å². The smallest absolute Gasteiger partial charge is 0.224 e. The fraction of sp³-hybridized carbons (Fsp3) is 0.579. The quantitative estimate of drug-likeness (QED) is 0.799. The normalized spacial score (nSPS) is 23.2. The van der Waals surface area contributed by atoms with Crippen molar-refractivity contribution in [3.63, 3.8) is 0 Å². The summed E-state index contributed by atoms with van der Waals surface area (Å²) in [4.78, 5) is 17.0. The lowest BCUT2D eigenvalue weighted by Crippen LogP contribution is -2.45. The van der Waals surface area contributed by atoms with Gasteiger partial charge in [0, 0.05) is 38.0 Å². The molecule has 0 radical (unpaired) electrons. The molecule has 2 aliphatic rings. The molecule has 2 saturated heterocycles. The zero-order valence-electron chi connectivity index (χ0n) is 15.4. The van der Waals surface area contributed by atoms with Gasteiger partial charge in [-0.3, -0.25) is 9.69 Å². The lowest BCUT2D eigenvalue weighted by molar-refractivity contribution is -0.131. The van der Waals surface area contributed by atoms with Gasteiger partial charge in [-0.15, -0.1) is 5.10 Å². The highest BCUT2D eigenvalue weighted by Gasteiger charge is 2.42. The van der Waals surface area contributed by atoms with E-state index in [0.29, 0.717) is 13.0 Å². The molecule has 144 valence electrons. The maximum absolute atomic E-state index is 13.1. The summed E-state index contributed by atoms with van der Waals surface area (Å²) in [6, 6.07) is 6.77. The summed E-state index contributed by atoms with van der Waals surface area (Å²) in [5.74, 6) is -0.0153. The molecule has 1 atom stereocenters. The molecular weight excluding hydrogens is 347 g/mol. The molecule has 1 unspecified atom stereocenters. The molecule has 0 saturated carbocycles. The Balaban J connectivity index is 1.31. The first-order valence-corrected chi connectivity index (χ1v) is 9.57. The highest BCUT2D eigenvalue weighted by molar-refractivity contribution is 5.76. The van der Waals surface area contributed by atoms with Gasteiger partial charge in [-0.1, -0.05) is 12.1 Å². The van der Waals surface area contributed by atoms with E-state index in [1.165, 1.54) is 24.9 Å². The topological polar surface area (TPSA) is 67.2 Å². The summed E-state index contributed by atoms with van der Waals surface area (Å²) >= 11 is 0. The van der Waals surface area contributed by atoms with Crippen LogP contribution in [-0.2, 0) is 17.9 Å². The van der Waals surface area contributed by atoms with Gasteiger partial charge in [0.2, 0.25) is 5.91 Å². The van der Waals surface area contributed by atoms with Crippen molar-refractivity contribution >= 4 is 5.91 Å². The number of aromatic nitrogens is 4. The number of carbonyl (C=O) groups is 1. The number of carbonyl (C=O) groups excluding carboxylic acids is 1. The van der Waals surface area contributed by atoms with Gasteiger partial charge >= 0.3 is 0 Å². The van der Waals surface area contributed by atoms with E-state index in [0.717, 1.165) is 51.1 Å². The van der Waals surface area contributed by atoms with Crippen LogP contribution in [0.3, 0.4) is 0 Å². The van der Waals surface area contributed by atoms with Crippen LogP contribution in [0.15, 0.2) is 30.6 Å². The number of hydrogen-bond acceptors (Lipinski definition) is 5. The van der Waals surface area contributed by atoms with Crippen LogP contribution in [-0.4, -0.2) is 62.1 Å². The molecule has 0 bridgehead atoms. The minimum atomic E-state index is -0.194. The van der Waals surface area contributed by atoms with Crippen LogP contribution in [0.5, 0.6) is 0 Å². The van der Waals surface area contributed by atoms with Crippen LogP contribution in [0.25, 0.3) is 0 Å². The van der Waals surface area contributed by atoms with Gasteiger partial charge < -0.3 is 4.90 Å². The van der Waals surface area contributed by atoms with Gasteiger partial charge in [-0.05, 0) is 53.9 Å². The Morgan fingerprint density at radius 3 is 2.78 bits per heavy atom. The van der Waals surface area contributed by atoms with Crippen molar-refractivity contribution in [2.75, 3.05) is 26.2 Å². The molecule has 2 aliphatic heterocycles. The number of piperidine rings is 1. The number of halogens is 1. The van der Waals surface area contributed by atoms with Crippen molar-refractivity contribution in [2.24, 2.45) is 5.41 Å². The number of hydrogen-bond donors (Lipinski definition) is 0. The SMILES string of the molecule is O=C(CCn1cnnn1)N1CCC2(CCCN(Cc3ccc(F)cc3)C2)C1. The molecule has 7 nitrogen and oxygen atoms in total. The minimum Gasteiger partial charge on any atom is -0.342 e. The number of amides is 1. The number of aryl methyl sites for hydroxylation is 1. The Labute approximate surface area is 158 Å². The number of tetrazole rings is 1. The third kappa shape index (κ3) is 4.32. The summed E-state index contributed by atoms with van der Waals surface area (Å²) in [6.45, 7) is 5.09. The summed E-state index contributed by atoms with van der Waals surface area (Å²) in [6.07, 6.45) is 5.34. The lowest BCUT2D eigenvalue weighted by Gasteiger charge is -2.40. The molecule has 2 fully saturated rings. The van der Waals surface area contributed by atoms with Crippen LogP contribution in [0.2, 0.25) is 0 Å². The van der Waals surface area contributed by atoms with E-state index in [4.69, 9.17) is 0 Å². The number of benzene rings is 1. The van der Waals surface area contributed by atoms with Crippen LogP contribution in [0.1, 0.15) is 31.2 Å². The summed E-state index contributed by atoms with van der Waals surface area (Å²) in [5, 5.41) is 11.0. The first kappa shape index (κ1) is 18.0. The molecule has 8 heteroatoms. The molecule has 0 N–H and O–H groups in total. The fourth-order valence-electron chi connectivity index (χ4n) is 4.43. The number of likely N-dealkylation sites (tertiary alicyclic amines) is 2. The van der Waals surface area contributed by atoms with Gasteiger partial charge in [-0.25, -0.2) is 9.07 Å². The molecule has 3 heterocycles. The molecular formula is C19H25FN6O. The van der Waals surface area contributed by atoms with E-state index in [2.05, 4.69) is 20.4 Å². The van der Waals surface area contributed by atoms with Gasteiger partial charge in [0.1, 0.15) is 12.1 Å². The predicted octanol–water partition coefficient (Wildman–Crippen LogP) is 1.72. The number of nitrogens with zero attached hydrogens (tertiary/aromatic N) is 6. The molecule has 1 aromatic heterocycles. The zero-order chi connectivity index (χ0) is 18.7. The Bertz CT molecular complexity index is 765. The fourth-order valence-corrected chi connectivity index (χ4v) is 4.43. The molecule has 1 spiro atoms. The van der Waals surface area contributed by atoms with E-state index in [9.17, 15) is 9.18 Å². The van der Waals surface area contributed by atoms with Crippen molar-refractivity contribution in [3.05, 3.63) is 42.0 Å². The summed E-state index contributed by atoms with van der Waals surface area (Å²) < 4.78 is 14.7. The maximum Gasteiger partial charge on any atom is 0.224 e. The first-order valence-electron chi connectivity index (χ1n) is 9.57. The van der Waals surface area contributed by atoms with Gasteiger partial charge in [-0.2, -0.15) is 0 Å². The predicted molar refractivity (Wildman–Crippen MR) is 97.0 cm³/mol. The second-order valence-electron chi connectivity index (χ2n) is 7.83. The molecule has 0 aliphatic carbocycles. The summed E-state index contributed by atoms with van der Waals surface area (Å²) in [7, 11) is 0. The van der Waals surface area contributed by atoms with Gasteiger partial charge in [0.15, 0.2) is 0 Å². The molecule has 27 heavy (non-hydrogen) atoms. The largest absolute Gasteiger partial charge is 0.342 e. The van der Waals surface area contributed by atoms with Gasteiger partial charge in [0.05, 0.1) is 6.54 Å². The average molecular weight is 372 g/mol. The second kappa shape index (κ2) is 7.72. The van der Waals surface area contributed by atoms with E-state index in [1.807, 2.05) is 17.0 Å². The van der Waals surface area contributed by atoms with Crippen LogP contribution in [0, 0.1) is 11.2 Å². The van der Waals surface area contributed by atoms with E-state index in [1.54, 1.807) is 4.68 Å². The second-order valence-corrected chi connectivity index (χ2v) is 7.83. The Hall–Kier alpha value is -2.35.